The van der Waals surface area contributed by atoms with E-state index in [0.717, 1.165) is 72.9 Å². The van der Waals surface area contributed by atoms with Crippen molar-refractivity contribution in [2.24, 2.45) is 34.6 Å². The summed E-state index contributed by atoms with van der Waals surface area (Å²) >= 11 is 0. The number of piperidine rings is 1. The van der Waals surface area contributed by atoms with Crippen LogP contribution in [0.4, 0.5) is 5.82 Å². The summed E-state index contributed by atoms with van der Waals surface area (Å²) < 4.78 is 5.43. The van der Waals surface area contributed by atoms with Gasteiger partial charge in [-0.3, -0.25) is 14.6 Å². The van der Waals surface area contributed by atoms with Gasteiger partial charge in [0.05, 0.1) is 25.9 Å². The Kier molecular flexibility index (Phi) is 12.7. The van der Waals surface area contributed by atoms with Gasteiger partial charge in [-0.25, -0.2) is 4.98 Å². The highest BCUT2D eigenvalue weighted by molar-refractivity contribution is 5.85. The molecule has 1 aromatic carbocycles. The number of pyridine rings is 1. The van der Waals surface area contributed by atoms with Gasteiger partial charge in [0.2, 0.25) is 0 Å². The maximum atomic E-state index is 13.7. The van der Waals surface area contributed by atoms with E-state index in [1.807, 2.05) is 18.5 Å². The summed E-state index contributed by atoms with van der Waals surface area (Å²) in [6.45, 7) is 1.67. The van der Waals surface area contributed by atoms with E-state index in [4.69, 9.17) is 10.5 Å². The molecule has 7 rings (SSSR count). The molecule has 0 radical (unpaired) electrons. The fourth-order valence-electron chi connectivity index (χ4n) is 10.2. The molecule has 294 valence electrons. The van der Waals surface area contributed by atoms with Gasteiger partial charge in [-0.2, -0.15) is 0 Å². The number of ketones is 2. The number of benzene rings is 1. The van der Waals surface area contributed by atoms with Crippen LogP contribution in [-0.2, 0) is 28.9 Å². The number of aromatic nitrogens is 1. The average Bonchev–Trinajstić information content (AvgIpc) is 3.71. The van der Waals surface area contributed by atoms with Gasteiger partial charge in [0.25, 0.3) is 0 Å². The highest BCUT2D eigenvalue weighted by Crippen LogP contribution is 2.46. The first kappa shape index (κ1) is 39.2. The van der Waals surface area contributed by atoms with Crippen LogP contribution in [-0.4, -0.2) is 76.5 Å². The molecule has 0 amide bonds. The van der Waals surface area contributed by atoms with E-state index in [9.17, 15) is 24.9 Å². The van der Waals surface area contributed by atoms with Crippen LogP contribution in [0.15, 0.2) is 41.0 Å². The number of aliphatic hydroxyl groups excluding tert-OH is 2. The number of aliphatic hydroxyl groups is 2. The highest BCUT2D eigenvalue weighted by Gasteiger charge is 2.44. The number of aliphatic imine (C=N–C) groups is 1. The summed E-state index contributed by atoms with van der Waals surface area (Å²) in [5, 5.41) is 37.3. The predicted molar refractivity (Wildman–Crippen MR) is 213 cm³/mol. The summed E-state index contributed by atoms with van der Waals surface area (Å²) in [5.41, 5.74) is 11.1. The summed E-state index contributed by atoms with van der Waals surface area (Å²) in [4.78, 5) is 34.4. The number of hydrogen-bond acceptors (Lipinski definition) is 10. The number of phenolic OH excluding ortho intramolecular Hbond substituents is 1. The highest BCUT2D eigenvalue weighted by atomic mass is 16.5. The Hall–Kier alpha value is -4.04. The molecule has 9 atom stereocenters. The number of nitrogens with zero attached hydrogens (tertiary/aromatic N) is 2. The molecule has 10 nitrogen and oxygen atoms in total. The number of nitrogen functional groups attached to an aromatic ring is 1. The number of hydrogen-bond donors (Lipinski definition) is 5. The maximum absolute atomic E-state index is 13.7. The van der Waals surface area contributed by atoms with Gasteiger partial charge in [-0.1, -0.05) is 24.3 Å². The van der Waals surface area contributed by atoms with Crippen LogP contribution in [0, 0.1) is 41.4 Å². The topological polar surface area (TPSA) is 167 Å². The van der Waals surface area contributed by atoms with Crippen molar-refractivity contribution in [1.82, 2.24) is 10.3 Å². The number of fused-ring (bicyclic) bond motifs is 4. The number of phenols is 1. The number of carbonyl (C=O) groups excluding carboxylic acids is 2. The van der Waals surface area contributed by atoms with Crippen LogP contribution < -0.4 is 15.8 Å². The van der Waals surface area contributed by atoms with Crippen LogP contribution in [0.1, 0.15) is 105 Å². The van der Waals surface area contributed by atoms with Gasteiger partial charge >= 0.3 is 0 Å². The molecule has 6 N–H and O–H groups in total. The molecule has 3 fully saturated rings. The summed E-state index contributed by atoms with van der Waals surface area (Å²) in [6, 6.07) is 5.72. The van der Waals surface area contributed by atoms with E-state index in [1.54, 1.807) is 12.1 Å². The third-order valence-electron chi connectivity index (χ3n) is 13.3. The largest absolute Gasteiger partial charge is 0.504 e. The number of methoxy groups -OCH3 is 1. The Labute approximate surface area is 325 Å². The zero-order valence-electron chi connectivity index (χ0n) is 32.2. The van der Waals surface area contributed by atoms with E-state index >= 15 is 0 Å². The van der Waals surface area contributed by atoms with Crippen molar-refractivity contribution in [3.05, 3.63) is 58.3 Å². The van der Waals surface area contributed by atoms with Crippen molar-refractivity contribution in [1.29, 1.82) is 0 Å². The first-order valence-electron chi connectivity index (χ1n) is 20.6. The quantitative estimate of drug-likeness (QED) is 0.168. The van der Waals surface area contributed by atoms with E-state index in [-0.39, 0.29) is 23.9 Å². The standard InChI is InChI=1S/C45H58N4O6/c1-55-44-20-31-7-15-42(53)38(41(52)14-3-27-2-11-36-33(18-27)26-48-40-22-35(51)10-13-37(36)40)12-6-29(39(31)23-43(44)54)4-8-34(50)9-5-30-21-45(46)49-25-32(30)19-28-16-17-47-24-28/h16,20-21,23-25,27,29,33-34,36-38,40-41,48,50,52,54H,2-5,7-11,13-15,17-19,22,26H2,1H3,(H2,46,49)/t27-,29-,33+,34+,36+,37-,38-,40-,41-/m1/s1. The van der Waals surface area contributed by atoms with Gasteiger partial charge < -0.3 is 31.1 Å². The van der Waals surface area contributed by atoms with Gasteiger partial charge in [0, 0.05) is 50.1 Å². The number of aromatic hydroxyl groups is 1. The van der Waals surface area contributed by atoms with Crippen molar-refractivity contribution in [2.45, 2.75) is 120 Å². The van der Waals surface area contributed by atoms with Crippen LogP contribution in [0.5, 0.6) is 11.5 Å². The molecule has 55 heavy (non-hydrogen) atoms. The predicted octanol–water partition coefficient (Wildman–Crippen LogP) is 5.44. The van der Waals surface area contributed by atoms with Crippen LogP contribution in [0.25, 0.3) is 0 Å². The number of rotatable bonds is 13. The molecular formula is C45H58N4O6. The number of allylic oxidation sites excluding steroid dienone is 1. The van der Waals surface area contributed by atoms with E-state index in [2.05, 4.69) is 33.2 Å². The minimum Gasteiger partial charge on any atom is -0.504 e. The molecular weight excluding hydrogens is 693 g/mol. The Morgan fingerprint density at radius 3 is 2.69 bits per heavy atom. The van der Waals surface area contributed by atoms with E-state index in [1.165, 1.54) is 13.5 Å². The second kappa shape index (κ2) is 17.8. The lowest BCUT2D eigenvalue weighted by atomic mass is 9.61. The fourth-order valence-corrected chi connectivity index (χ4v) is 10.2. The summed E-state index contributed by atoms with van der Waals surface area (Å²) in [5.74, 6) is 8.97. The molecule has 5 aliphatic rings. The second-order valence-electron chi connectivity index (χ2n) is 16.8. The van der Waals surface area contributed by atoms with Crippen LogP contribution in [0.2, 0.25) is 0 Å². The van der Waals surface area contributed by atoms with Gasteiger partial charge in [-0.05, 0) is 140 Å². The zero-order valence-corrected chi connectivity index (χ0v) is 32.2. The Morgan fingerprint density at radius 1 is 1.00 bits per heavy atom. The third-order valence-corrected chi connectivity index (χ3v) is 13.3. The monoisotopic (exact) mass is 750 g/mol. The Balaban J connectivity index is 1.000. The average molecular weight is 751 g/mol. The van der Waals surface area contributed by atoms with Gasteiger partial charge in [0.15, 0.2) is 17.3 Å². The van der Waals surface area contributed by atoms with Crippen molar-refractivity contribution in [3.63, 3.8) is 0 Å². The third kappa shape index (κ3) is 9.50. The molecule has 10 heteroatoms. The SMILES string of the molecule is COc1cc2c(cc1O)[C@H](CC[C@H](O)CCc1cc(N)ncc1CC1=CCN=C1)C#C[C@H]([C@H](O)CC[C@H]1CC[C@H]3[C@H](CN[C@@H]4CC(=O)CC[C@H]34)C1)C(=O)CC2. The molecule has 3 heterocycles. The number of anilines is 1. The second-order valence-corrected chi connectivity index (χ2v) is 16.8. The van der Waals surface area contributed by atoms with Crippen molar-refractivity contribution < 1.29 is 29.6 Å². The van der Waals surface area contributed by atoms with E-state index < -0.39 is 18.1 Å². The molecule has 2 aromatic rings. The lowest BCUT2D eigenvalue weighted by Crippen LogP contribution is -2.54. The molecule has 1 aromatic heterocycles. The van der Waals surface area contributed by atoms with Crippen LogP contribution >= 0.6 is 0 Å². The lowest BCUT2D eigenvalue weighted by Gasteiger charge is -2.49. The number of aryl methyl sites for hydroxylation is 2. The molecule has 0 spiro atoms. The summed E-state index contributed by atoms with van der Waals surface area (Å²) in [7, 11) is 1.51. The lowest BCUT2D eigenvalue weighted by molar-refractivity contribution is -0.124. The number of nitrogens with one attached hydrogen (secondary N) is 1. The maximum Gasteiger partial charge on any atom is 0.160 e. The smallest absolute Gasteiger partial charge is 0.160 e. The number of ether oxygens (including phenoxy) is 1. The van der Waals surface area contributed by atoms with Crippen molar-refractivity contribution >= 4 is 23.6 Å². The van der Waals surface area contributed by atoms with Gasteiger partial charge in [-0.15, -0.1) is 0 Å². The zero-order chi connectivity index (χ0) is 38.5. The molecule has 2 saturated carbocycles. The molecule has 0 bridgehead atoms. The first-order valence-corrected chi connectivity index (χ1v) is 20.6. The summed E-state index contributed by atoms with van der Waals surface area (Å²) in [6.07, 6.45) is 15.1. The number of Topliss-reactive ketones (excluding diaryl/α,β-unsaturated/α-hetero) is 2. The van der Waals surface area contributed by atoms with E-state index in [0.29, 0.717) is 98.6 Å². The first-order chi connectivity index (χ1) is 26.6. The normalized spacial score (nSPS) is 28.6. The molecule has 3 aliphatic carbocycles. The molecule has 1 saturated heterocycles. The number of carbonyl (C=O) groups is 2. The van der Waals surface area contributed by atoms with Crippen LogP contribution in [0.3, 0.4) is 0 Å². The minimum atomic E-state index is -0.861. The van der Waals surface area contributed by atoms with Crippen molar-refractivity contribution in [2.75, 3.05) is 25.9 Å². The number of nitrogens with two attached hydrogens (primary N) is 1. The minimum absolute atomic E-state index is 0.0105. The fraction of sp³-hybridized carbons (Fsp3) is 0.600. The Morgan fingerprint density at radius 2 is 1.87 bits per heavy atom. The molecule has 0 unspecified atom stereocenters. The molecule has 2 aliphatic heterocycles. The van der Waals surface area contributed by atoms with Gasteiger partial charge in [0.1, 0.15) is 17.5 Å². The van der Waals surface area contributed by atoms with Crippen molar-refractivity contribution in [3.8, 4) is 23.3 Å². The Bertz CT molecular complexity index is 1850.